The lowest BCUT2D eigenvalue weighted by molar-refractivity contribution is 0.220. The molecule has 3 heteroatoms. The topological polar surface area (TPSA) is 45.2 Å². The van der Waals surface area contributed by atoms with Gasteiger partial charge in [-0.25, -0.2) is 0 Å². The van der Waals surface area contributed by atoms with Gasteiger partial charge in [0, 0.05) is 16.6 Å². The van der Waals surface area contributed by atoms with Crippen LogP contribution in [-0.4, -0.2) is 17.2 Å². The summed E-state index contributed by atoms with van der Waals surface area (Å²) in [5, 5.41) is 11.9. The SMILES string of the molecule is COc1cccc(C(O)c2cccc(-c3cc4ccccc4[nH]3)c2)c1. The highest BCUT2D eigenvalue weighted by Crippen LogP contribution is 2.29. The molecule has 3 nitrogen and oxygen atoms in total. The third-order valence-corrected chi connectivity index (χ3v) is 4.45. The van der Waals surface area contributed by atoms with E-state index < -0.39 is 6.10 Å². The Morgan fingerprint density at radius 3 is 2.40 bits per heavy atom. The number of aromatic amines is 1. The Hall–Kier alpha value is -3.04. The zero-order valence-corrected chi connectivity index (χ0v) is 13.9. The van der Waals surface area contributed by atoms with Crippen molar-refractivity contribution in [1.82, 2.24) is 4.98 Å². The molecule has 25 heavy (non-hydrogen) atoms. The molecule has 1 heterocycles. The second kappa shape index (κ2) is 6.46. The van der Waals surface area contributed by atoms with Gasteiger partial charge in [0.2, 0.25) is 0 Å². The third kappa shape index (κ3) is 3.02. The van der Waals surface area contributed by atoms with Gasteiger partial charge in [-0.1, -0.05) is 48.5 Å². The summed E-state index contributed by atoms with van der Waals surface area (Å²) in [6.07, 6.45) is -0.695. The van der Waals surface area contributed by atoms with E-state index in [9.17, 15) is 5.11 Å². The molecule has 4 rings (SSSR count). The maximum absolute atomic E-state index is 10.8. The van der Waals surface area contributed by atoms with E-state index in [1.54, 1.807) is 7.11 Å². The first-order chi connectivity index (χ1) is 12.2. The number of benzene rings is 3. The average Bonchev–Trinajstić information content (AvgIpc) is 3.12. The summed E-state index contributed by atoms with van der Waals surface area (Å²) in [5.74, 6) is 0.739. The van der Waals surface area contributed by atoms with Crippen LogP contribution in [-0.2, 0) is 0 Å². The van der Waals surface area contributed by atoms with Crippen molar-refractivity contribution in [3.63, 3.8) is 0 Å². The second-order valence-corrected chi connectivity index (χ2v) is 6.07. The Kier molecular flexibility index (Phi) is 4.00. The van der Waals surface area contributed by atoms with Gasteiger partial charge in [-0.3, -0.25) is 0 Å². The number of H-pyrrole nitrogens is 1. The van der Waals surface area contributed by atoms with Crippen molar-refractivity contribution < 1.29 is 9.84 Å². The fourth-order valence-electron chi connectivity index (χ4n) is 3.11. The molecule has 0 aliphatic carbocycles. The molecule has 0 saturated carbocycles. The molecule has 0 amide bonds. The van der Waals surface area contributed by atoms with Crippen molar-refractivity contribution in [3.05, 3.63) is 90.0 Å². The van der Waals surface area contributed by atoms with E-state index in [2.05, 4.69) is 23.2 Å². The van der Waals surface area contributed by atoms with Crippen LogP contribution in [0.5, 0.6) is 5.75 Å². The minimum Gasteiger partial charge on any atom is -0.497 e. The number of methoxy groups -OCH3 is 1. The first-order valence-electron chi connectivity index (χ1n) is 8.25. The minimum atomic E-state index is -0.695. The van der Waals surface area contributed by atoms with Gasteiger partial charge in [0.05, 0.1) is 7.11 Å². The van der Waals surface area contributed by atoms with Crippen LogP contribution in [0, 0.1) is 0 Å². The normalized spacial score (nSPS) is 12.2. The van der Waals surface area contributed by atoms with E-state index in [1.807, 2.05) is 60.7 Å². The van der Waals surface area contributed by atoms with Gasteiger partial charge >= 0.3 is 0 Å². The van der Waals surface area contributed by atoms with E-state index in [1.165, 1.54) is 5.39 Å². The van der Waals surface area contributed by atoms with Gasteiger partial charge in [-0.15, -0.1) is 0 Å². The predicted octanol–water partition coefficient (Wildman–Crippen LogP) is 4.93. The number of rotatable bonds is 4. The molecule has 0 bridgehead atoms. The highest BCUT2D eigenvalue weighted by Gasteiger charge is 2.13. The molecule has 1 aromatic heterocycles. The Morgan fingerprint density at radius 2 is 1.60 bits per heavy atom. The highest BCUT2D eigenvalue weighted by molar-refractivity contribution is 5.85. The maximum Gasteiger partial charge on any atom is 0.119 e. The number of para-hydroxylation sites is 1. The summed E-state index contributed by atoms with van der Waals surface area (Å²) >= 11 is 0. The van der Waals surface area contributed by atoms with Gasteiger partial charge in [-0.05, 0) is 47.0 Å². The molecule has 0 saturated heterocycles. The van der Waals surface area contributed by atoms with Gasteiger partial charge in [0.25, 0.3) is 0 Å². The number of hydrogen-bond donors (Lipinski definition) is 2. The lowest BCUT2D eigenvalue weighted by Gasteiger charge is -2.13. The van der Waals surface area contributed by atoms with Crippen LogP contribution in [0.3, 0.4) is 0 Å². The Morgan fingerprint density at radius 1 is 0.840 bits per heavy atom. The predicted molar refractivity (Wildman–Crippen MR) is 101 cm³/mol. The zero-order chi connectivity index (χ0) is 17.2. The van der Waals surface area contributed by atoms with Crippen LogP contribution in [0.1, 0.15) is 17.2 Å². The number of aromatic nitrogens is 1. The van der Waals surface area contributed by atoms with E-state index >= 15 is 0 Å². The average molecular weight is 329 g/mol. The standard InChI is InChI=1S/C22H19NO2/c1-25-19-10-5-9-18(13-19)22(24)17-8-4-7-15(12-17)21-14-16-6-2-3-11-20(16)23-21/h2-14,22-24H,1H3. The lowest BCUT2D eigenvalue weighted by atomic mass is 9.98. The summed E-state index contributed by atoms with van der Waals surface area (Å²) in [6.45, 7) is 0. The summed E-state index contributed by atoms with van der Waals surface area (Å²) in [4.78, 5) is 3.43. The molecule has 0 aliphatic heterocycles. The van der Waals surface area contributed by atoms with Crippen molar-refractivity contribution in [2.75, 3.05) is 7.11 Å². The Labute approximate surface area is 146 Å². The first kappa shape index (κ1) is 15.5. The minimum absolute atomic E-state index is 0.695. The molecule has 0 radical (unpaired) electrons. The van der Waals surface area contributed by atoms with Crippen molar-refractivity contribution in [1.29, 1.82) is 0 Å². The van der Waals surface area contributed by atoms with E-state index in [0.29, 0.717) is 0 Å². The number of fused-ring (bicyclic) bond motifs is 1. The molecule has 1 atom stereocenters. The number of aliphatic hydroxyl groups is 1. The Balaban J connectivity index is 1.71. The monoisotopic (exact) mass is 329 g/mol. The fraction of sp³-hybridized carbons (Fsp3) is 0.0909. The summed E-state index contributed by atoms with van der Waals surface area (Å²) in [7, 11) is 1.63. The number of ether oxygens (including phenoxy) is 1. The molecule has 0 spiro atoms. The van der Waals surface area contributed by atoms with Gasteiger partial charge in [-0.2, -0.15) is 0 Å². The van der Waals surface area contributed by atoms with Crippen LogP contribution in [0.4, 0.5) is 0 Å². The van der Waals surface area contributed by atoms with Crippen LogP contribution >= 0.6 is 0 Å². The molecule has 0 aliphatic rings. The molecular formula is C22H19NO2. The summed E-state index contributed by atoms with van der Waals surface area (Å²) in [6, 6.07) is 25.8. The third-order valence-electron chi connectivity index (χ3n) is 4.45. The highest BCUT2D eigenvalue weighted by atomic mass is 16.5. The fourth-order valence-corrected chi connectivity index (χ4v) is 3.11. The largest absolute Gasteiger partial charge is 0.497 e. The maximum atomic E-state index is 10.8. The molecular weight excluding hydrogens is 310 g/mol. The first-order valence-corrected chi connectivity index (χ1v) is 8.25. The number of hydrogen-bond acceptors (Lipinski definition) is 2. The van der Waals surface area contributed by atoms with Crippen molar-refractivity contribution >= 4 is 10.9 Å². The van der Waals surface area contributed by atoms with E-state index in [4.69, 9.17) is 4.74 Å². The van der Waals surface area contributed by atoms with Gasteiger partial charge in [0.15, 0.2) is 0 Å². The van der Waals surface area contributed by atoms with Crippen molar-refractivity contribution in [3.8, 4) is 17.0 Å². The Bertz CT molecular complexity index is 986. The van der Waals surface area contributed by atoms with E-state index in [0.717, 1.165) is 33.7 Å². The van der Waals surface area contributed by atoms with Gasteiger partial charge in [0.1, 0.15) is 11.9 Å². The van der Waals surface area contributed by atoms with Crippen molar-refractivity contribution in [2.24, 2.45) is 0 Å². The van der Waals surface area contributed by atoms with Crippen LogP contribution in [0.25, 0.3) is 22.2 Å². The molecule has 1 unspecified atom stereocenters. The number of nitrogens with one attached hydrogen (secondary N) is 1. The summed E-state index contributed by atoms with van der Waals surface area (Å²) in [5.41, 5.74) is 4.87. The van der Waals surface area contributed by atoms with Crippen molar-refractivity contribution in [2.45, 2.75) is 6.10 Å². The summed E-state index contributed by atoms with van der Waals surface area (Å²) < 4.78 is 5.25. The molecule has 4 aromatic rings. The van der Waals surface area contributed by atoms with Crippen LogP contribution in [0.15, 0.2) is 78.9 Å². The molecule has 124 valence electrons. The van der Waals surface area contributed by atoms with Crippen LogP contribution in [0.2, 0.25) is 0 Å². The van der Waals surface area contributed by atoms with Gasteiger partial charge < -0.3 is 14.8 Å². The molecule has 0 fully saturated rings. The molecule has 2 N–H and O–H groups in total. The lowest BCUT2D eigenvalue weighted by Crippen LogP contribution is -2.00. The second-order valence-electron chi connectivity index (χ2n) is 6.07. The zero-order valence-electron chi connectivity index (χ0n) is 13.9. The quantitative estimate of drug-likeness (QED) is 0.558. The van der Waals surface area contributed by atoms with E-state index in [-0.39, 0.29) is 0 Å². The number of aliphatic hydroxyl groups excluding tert-OH is 1. The smallest absolute Gasteiger partial charge is 0.119 e. The molecule has 3 aromatic carbocycles. The van der Waals surface area contributed by atoms with Crippen LogP contribution < -0.4 is 4.74 Å².